The summed E-state index contributed by atoms with van der Waals surface area (Å²) >= 11 is 0. The molecule has 5 heterocycles. The number of esters is 1. The number of aliphatic hydroxyl groups excluding tert-OH is 1. The maximum atomic E-state index is 12.9. The summed E-state index contributed by atoms with van der Waals surface area (Å²) in [4.78, 5) is 19.0. The Kier molecular flexibility index (Phi) is 3.37. The van der Waals surface area contributed by atoms with Crippen LogP contribution in [0.3, 0.4) is 0 Å². The number of hydrogen-bond donors (Lipinski definition) is 2. The molecule has 3 unspecified atom stereocenters. The first-order chi connectivity index (χ1) is 12.7. The summed E-state index contributed by atoms with van der Waals surface area (Å²) in [6.07, 6.45) is 3.72. The molecule has 136 valence electrons. The Labute approximate surface area is 152 Å². The number of benzene rings is 1. The van der Waals surface area contributed by atoms with Crippen LogP contribution in [0.25, 0.3) is 10.9 Å². The van der Waals surface area contributed by atoms with Crippen molar-refractivity contribution in [2.75, 3.05) is 20.3 Å². The first-order valence-electron chi connectivity index (χ1n) is 9.35. The van der Waals surface area contributed by atoms with Crippen molar-refractivity contribution in [3.63, 3.8) is 0 Å². The fourth-order valence-corrected chi connectivity index (χ4v) is 5.88. The number of carbonyl (C=O) groups is 1. The van der Waals surface area contributed by atoms with Crippen LogP contribution in [0.1, 0.15) is 30.6 Å². The highest BCUT2D eigenvalue weighted by Crippen LogP contribution is 2.59. The van der Waals surface area contributed by atoms with E-state index >= 15 is 0 Å². The van der Waals surface area contributed by atoms with Crippen LogP contribution >= 0.6 is 0 Å². The Morgan fingerprint density at radius 3 is 3.00 bits per heavy atom. The van der Waals surface area contributed by atoms with E-state index in [2.05, 4.69) is 34.2 Å². The molecule has 0 spiro atoms. The topological polar surface area (TPSA) is 65.6 Å². The highest BCUT2D eigenvalue weighted by Gasteiger charge is 2.64. The number of fused-ring (bicyclic) bond motifs is 4. The number of ether oxygens (including phenoxy) is 1. The molecule has 0 saturated carbocycles. The van der Waals surface area contributed by atoms with Crippen molar-refractivity contribution < 1.29 is 14.6 Å². The lowest BCUT2D eigenvalue weighted by molar-refractivity contribution is -0.183. The Balaban J connectivity index is 1.73. The summed E-state index contributed by atoms with van der Waals surface area (Å²) in [7, 11) is 1.43. The lowest BCUT2D eigenvalue weighted by Crippen LogP contribution is -2.69. The molecule has 0 radical (unpaired) electrons. The number of methoxy groups -OCH3 is 1. The van der Waals surface area contributed by atoms with Crippen molar-refractivity contribution in [3.8, 4) is 0 Å². The summed E-state index contributed by atoms with van der Waals surface area (Å²) in [5.74, 6) is -0.245. The number of H-pyrrole nitrogens is 1. The Bertz CT molecular complexity index is 930. The van der Waals surface area contributed by atoms with Crippen molar-refractivity contribution in [1.29, 1.82) is 0 Å². The van der Waals surface area contributed by atoms with E-state index in [1.54, 1.807) is 0 Å². The predicted octanol–water partition coefficient (Wildman–Crippen LogP) is 2.57. The van der Waals surface area contributed by atoms with E-state index < -0.39 is 5.41 Å². The van der Waals surface area contributed by atoms with Gasteiger partial charge in [-0.05, 0) is 31.4 Å². The van der Waals surface area contributed by atoms with Crippen LogP contribution in [-0.2, 0) is 16.0 Å². The Morgan fingerprint density at radius 2 is 2.27 bits per heavy atom. The molecule has 4 aliphatic heterocycles. The lowest BCUT2D eigenvalue weighted by atomic mass is 9.55. The van der Waals surface area contributed by atoms with Gasteiger partial charge in [-0.3, -0.25) is 9.69 Å². The molecule has 0 aliphatic carbocycles. The smallest absolute Gasteiger partial charge is 0.316 e. The standard InChI is InChI=1S/C21H24N2O3/c1-3-12-10-23-17-9-15(12)21(11-24,20(25)26-2)18(23)8-14-13-6-4-5-7-16(13)22-19(14)17/h3-7,15,17-18,22,24H,8-11H2,1-2H3/b12-3+/t15-,17-,18?,21?/m0/s1. The van der Waals surface area contributed by atoms with Crippen molar-refractivity contribution in [3.05, 3.63) is 47.2 Å². The number of nitrogens with zero attached hydrogens (tertiary/aromatic N) is 1. The summed E-state index contributed by atoms with van der Waals surface area (Å²) in [6.45, 7) is 2.72. The fraction of sp³-hybridized carbons (Fsp3) is 0.476. The van der Waals surface area contributed by atoms with Crippen molar-refractivity contribution in [2.24, 2.45) is 11.3 Å². The number of nitrogens with one attached hydrogen (secondary N) is 1. The molecule has 4 bridgehead atoms. The number of carbonyl (C=O) groups excluding carboxylic acids is 1. The predicted molar refractivity (Wildman–Crippen MR) is 98.6 cm³/mol. The molecule has 1 aromatic carbocycles. The van der Waals surface area contributed by atoms with E-state index in [9.17, 15) is 9.90 Å². The third-order valence-corrected chi connectivity index (χ3v) is 7.06. The molecule has 26 heavy (non-hydrogen) atoms. The molecular formula is C21H24N2O3. The third-order valence-electron chi connectivity index (χ3n) is 7.06. The molecule has 2 N–H and O–H groups in total. The van der Waals surface area contributed by atoms with Crippen LogP contribution < -0.4 is 0 Å². The number of aliphatic hydroxyl groups is 1. The molecule has 3 saturated heterocycles. The molecule has 3 fully saturated rings. The van der Waals surface area contributed by atoms with Crippen LogP contribution in [0.2, 0.25) is 0 Å². The van der Waals surface area contributed by atoms with E-state index in [1.165, 1.54) is 29.3 Å². The maximum Gasteiger partial charge on any atom is 0.316 e. The second-order valence-electron chi connectivity index (χ2n) is 7.81. The normalized spacial score (nSPS) is 36.3. The molecule has 5 atom stereocenters. The maximum absolute atomic E-state index is 12.9. The molecule has 4 aliphatic rings. The number of aromatic nitrogens is 1. The van der Waals surface area contributed by atoms with Gasteiger partial charge in [-0.2, -0.15) is 0 Å². The van der Waals surface area contributed by atoms with Crippen LogP contribution in [0, 0.1) is 11.3 Å². The minimum atomic E-state index is -0.874. The van der Waals surface area contributed by atoms with Gasteiger partial charge in [0.2, 0.25) is 0 Å². The summed E-state index contributed by atoms with van der Waals surface area (Å²) in [5, 5.41) is 11.7. The Morgan fingerprint density at radius 1 is 1.46 bits per heavy atom. The zero-order valence-electron chi connectivity index (χ0n) is 15.2. The highest BCUT2D eigenvalue weighted by molar-refractivity contribution is 5.86. The van der Waals surface area contributed by atoms with Crippen molar-refractivity contribution in [2.45, 2.75) is 31.8 Å². The number of para-hydroxylation sites is 1. The number of hydrogen-bond acceptors (Lipinski definition) is 4. The van der Waals surface area contributed by atoms with Gasteiger partial charge in [0, 0.05) is 35.1 Å². The first-order valence-corrected chi connectivity index (χ1v) is 9.35. The van der Waals surface area contributed by atoms with Crippen LogP contribution in [-0.4, -0.2) is 47.3 Å². The molecule has 2 aromatic rings. The average molecular weight is 352 g/mol. The van der Waals surface area contributed by atoms with E-state index in [0.29, 0.717) is 0 Å². The number of rotatable bonds is 2. The summed E-state index contributed by atoms with van der Waals surface area (Å²) in [5.41, 5.74) is 4.12. The number of aromatic amines is 1. The van der Waals surface area contributed by atoms with Gasteiger partial charge in [0.1, 0.15) is 5.41 Å². The van der Waals surface area contributed by atoms with Gasteiger partial charge in [0.05, 0.1) is 19.8 Å². The minimum Gasteiger partial charge on any atom is -0.468 e. The van der Waals surface area contributed by atoms with E-state index in [0.717, 1.165) is 24.9 Å². The van der Waals surface area contributed by atoms with E-state index in [1.807, 2.05) is 13.0 Å². The van der Waals surface area contributed by atoms with Crippen LogP contribution in [0.15, 0.2) is 35.9 Å². The molecule has 6 rings (SSSR count). The fourth-order valence-electron chi connectivity index (χ4n) is 5.88. The zero-order chi connectivity index (χ0) is 18.1. The van der Waals surface area contributed by atoms with Crippen molar-refractivity contribution in [1.82, 2.24) is 9.88 Å². The minimum absolute atomic E-state index is 0.0286. The Hall–Kier alpha value is -2.11. The largest absolute Gasteiger partial charge is 0.468 e. The zero-order valence-corrected chi connectivity index (χ0v) is 15.2. The van der Waals surface area contributed by atoms with Gasteiger partial charge >= 0.3 is 5.97 Å². The van der Waals surface area contributed by atoms with Gasteiger partial charge in [-0.25, -0.2) is 0 Å². The van der Waals surface area contributed by atoms with E-state index in [-0.39, 0.29) is 30.6 Å². The van der Waals surface area contributed by atoms with Gasteiger partial charge in [-0.15, -0.1) is 0 Å². The van der Waals surface area contributed by atoms with Gasteiger partial charge in [0.25, 0.3) is 0 Å². The summed E-state index contributed by atoms with van der Waals surface area (Å²) < 4.78 is 5.22. The monoisotopic (exact) mass is 352 g/mol. The molecular weight excluding hydrogens is 328 g/mol. The van der Waals surface area contributed by atoms with Crippen LogP contribution in [0.5, 0.6) is 0 Å². The van der Waals surface area contributed by atoms with Crippen LogP contribution in [0.4, 0.5) is 0 Å². The molecule has 1 aromatic heterocycles. The van der Waals surface area contributed by atoms with Gasteiger partial charge < -0.3 is 14.8 Å². The molecule has 5 nitrogen and oxygen atoms in total. The second-order valence-corrected chi connectivity index (χ2v) is 7.81. The average Bonchev–Trinajstić information content (AvgIpc) is 3.06. The first kappa shape index (κ1) is 16.1. The quantitative estimate of drug-likeness (QED) is 0.644. The van der Waals surface area contributed by atoms with Gasteiger partial charge in [0.15, 0.2) is 0 Å². The van der Waals surface area contributed by atoms with Gasteiger partial charge in [-0.1, -0.05) is 29.8 Å². The summed E-state index contributed by atoms with van der Waals surface area (Å²) in [6, 6.07) is 8.61. The molecule has 0 amide bonds. The lowest BCUT2D eigenvalue weighted by Gasteiger charge is -2.62. The third kappa shape index (κ3) is 1.75. The number of allylic oxidation sites excluding steroid dienone is 1. The highest BCUT2D eigenvalue weighted by atomic mass is 16.5. The van der Waals surface area contributed by atoms with Crippen molar-refractivity contribution >= 4 is 16.9 Å². The molecule has 5 heteroatoms. The van der Waals surface area contributed by atoms with E-state index in [4.69, 9.17) is 4.74 Å². The second kappa shape index (κ2) is 5.44. The number of piperidine rings is 3. The SMILES string of the molecule is C/C=C1\CN2C3Cc4c([nH]c5ccccc45)[C@@H]2C[C@@H]1C3(CO)C(=O)OC.